The number of piperazine rings is 1. The number of amides is 4. The fourth-order valence-electron chi connectivity index (χ4n) is 5.24. The highest BCUT2D eigenvalue weighted by molar-refractivity contribution is 6.08. The van der Waals surface area contributed by atoms with E-state index in [1.807, 2.05) is 6.07 Å². The fraction of sp³-hybridized carbons (Fsp3) is 0.625. The maximum atomic E-state index is 13.0. The standard InChI is InChI=1S/C24H35N5O3/c1-26-23(32)29(22(31)24(26)10-6-3-7-11-24)19-21(30)25-12-13-27-14-16-28(17-15-27)18-20-8-4-2-5-9-20/h2,4-5,8-9H,3,6-7,10-19H2,1H3,(H,25,30). The van der Waals surface area contributed by atoms with Crippen molar-refractivity contribution in [1.82, 2.24) is 24.9 Å². The minimum Gasteiger partial charge on any atom is -0.353 e. The molecule has 32 heavy (non-hydrogen) atoms. The summed E-state index contributed by atoms with van der Waals surface area (Å²) in [5.41, 5.74) is 0.606. The van der Waals surface area contributed by atoms with Gasteiger partial charge in [-0.1, -0.05) is 49.6 Å². The van der Waals surface area contributed by atoms with Gasteiger partial charge in [0.1, 0.15) is 12.1 Å². The molecule has 4 rings (SSSR count). The van der Waals surface area contributed by atoms with E-state index in [9.17, 15) is 14.4 Å². The van der Waals surface area contributed by atoms with Gasteiger partial charge in [-0.05, 0) is 18.4 Å². The highest BCUT2D eigenvalue weighted by Gasteiger charge is 2.55. The average Bonchev–Trinajstić information content (AvgIpc) is 2.98. The summed E-state index contributed by atoms with van der Waals surface area (Å²) < 4.78 is 0. The molecule has 1 aliphatic carbocycles. The first-order valence-corrected chi connectivity index (χ1v) is 11.8. The molecule has 0 unspecified atom stereocenters. The number of rotatable bonds is 7. The Bertz CT molecular complexity index is 816. The molecule has 0 aromatic heterocycles. The average molecular weight is 442 g/mol. The van der Waals surface area contributed by atoms with Crippen LogP contribution in [0.1, 0.15) is 37.7 Å². The molecule has 2 saturated heterocycles. The molecule has 1 N–H and O–H groups in total. The Morgan fingerprint density at radius 3 is 2.31 bits per heavy atom. The SMILES string of the molecule is CN1C(=O)N(CC(=O)NCCN2CCN(Cc3ccccc3)CC2)C(=O)C12CCCCC2. The van der Waals surface area contributed by atoms with Crippen molar-refractivity contribution < 1.29 is 14.4 Å². The summed E-state index contributed by atoms with van der Waals surface area (Å²) in [4.78, 5) is 45.6. The van der Waals surface area contributed by atoms with Gasteiger partial charge < -0.3 is 10.2 Å². The van der Waals surface area contributed by atoms with Crippen molar-refractivity contribution in [2.75, 3.05) is 52.9 Å². The van der Waals surface area contributed by atoms with Crippen LogP contribution in [-0.2, 0) is 16.1 Å². The Kier molecular flexibility index (Phi) is 7.10. The Morgan fingerprint density at radius 2 is 1.62 bits per heavy atom. The van der Waals surface area contributed by atoms with Crippen molar-refractivity contribution in [3.63, 3.8) is 0 Å². The highest BCUT2D eigenvalue weighted by atomic mass is 16.2. The zero-order chi connectivity index (χ0) is 22.6. The number of carbonyl (C=O) groups is 3. The van der Waals surface area contributed by atoms with E-state index in [1.54, 1.807) is 11.9 Å². The van der Waals surface area contributed by atoms with Crippen molar-refractivity contribution in [2.45, 2.75) is 44.2 Å². The number of carbonyl (C=O) groups excluding carboxylic acids is 3. The summed E-state index contributed by atoms with van der Waals surface area (Å²) in [5, 5.41) is 2.90. The van der Waals surface area contributed by atoms with E-state index in [0.29, 0.717) is 19.4 Å². The van der Waals surface area contributed by atoms with Gasteiger partial charge in [-0.25, -0.2) is 4.79 Å². The summed E-state index contributed by atoms with van der Waals surface area (Å²) >= 11 is 0. The third kappa shape index (κ3) is 4.81. The van der Waals surface area contributed by atoms with E-state index >= 15 is 0 Å². The second-order valence-electron chi connectivity index (χ2n) is 9.28. The predicted octanol–water partition coefficient (Wildman–Crippen LogP) is 1.52. The monoisotopic (exact) mass is 441 g/mol. The van der Waals surface area contributed by atoms with Gasteiger partial charge >= 0.3 is 6.03 Å². The number of nitrogens with zero attached hydrogens (tertiary/aromatic N) is 4. The molecule has 4 amide bonds. The zero-order valence-corrected chi connectivity index (χ0v) is 19.1. The second kappa shape index (κ2) is 10.0. The normalized spacial score (nSPS) is 22.0. The number of likely N-dealkylation sites (N-methyl/N-ethyl adjacent to an activating group) is 1. The molecule has 8 heteroatoms. The predicted molar refractivity (Wildman–Crippen MR) is 122 cm³/mol. The lowest BCUT2D eigenvalue weighted by Gasteiger charge is -2.35. The van der Waals surface area contributed by atoms with Crippen LogP contribution in [0.2, 0.25) is 0 Å². The molecule has 2 heterocycles. The van der Waals surface area contributed by atoms with Gasteiger partial charge in [-0.3, -0.25) is 24.3 Å². The largest absolute Gasteiger partial charge is 0.353 e. The molecule has 0 radical (unpaired) electrons. The van der Waals surface area contributed by atoms with Crippen LogP contribution in [0.5, 0.6) is 0 Å². The Balaban J connectivity index is 1.17. The van der Waals surface area contributed by atoms with E-state index in [2.05, 4.69) is 39.4 Å². The Labute approximate surface area is 190 Å². The van der Waals surface area contributed by atoms with Crippen LogP contribution in [0.25, 0.3) is 0 Å². The number of imide groups is 1. The number of hydrogen-bond acceptors (Lipinski definition) is 5. The summed E-state index contributed by atoms with van der Waals surface area (Å²) in [6.45, 7) is 6.04. The van der Waals surface area contributed by atoms with E-state index < -0.39 is 5.54 Å². The fourth-order valence-corrected chi connectivity index (χ4v) is 5.24. The van der Waals surface area contributed by atoms with E-state index in [1.165, 1.54) is 5.56 Å². The molecule has 0 atom stereocenters. The topological polar surface area (TPSA) is 76.2 Å². The van der Waals surface area contributed by atoms with Gasteiger partial charge in [0, 0.05) is 52.9 Å². The van der Waals surface area contributed by atoms with Crippen LogP contribution in [0, 0.1) is 0 Å². The molecule has 3 aliphatic rings. The molecule has 1 aromatic rings. The van der Waals surface area contributed by atoms with Gasteiger partial charge in [0.15, 0.2) is 0 Å². The molecule has 2 aliphatic heterocycles. The molecular weight excluding hydrogens is 406 g/mol. The number of hydrogen-bond donors (Lipinski definition) is 1. The molecule has 1 spiro atoms. The number of urea groups is 1. The molecule has 174 valence electrons. The lowest BCUT2D eigenvalue weighted by atomic mass is 9.81. The first-order chi connectivity index (χ1) is 15.5. The van der Waals surface area contributed by atoms with Crippen LogP contribution in [-0.4, -0.2) is 95.8 Å². The van der Waals surface area contributed by atoms with Gasteiger partial charge in [0.05, 0.1) is 0 Å². The van der Waals surface area contributed by atoms with Crippen LogP contribution in [0.4, 0.5) is 4.79 Å². The van der Waals surface area contributed by atoms with E-state index in [0.717, 1.165) is 63.4 Å². The van der Waals surface area contributed by atoms with Crippen LogP contribution in [0.15, 0.2) is 30.3 Å². The van der Waals surface area contributed by atoms with Crippen molar-refractivity contribution >= 4 is 17.8 Å². The number of benzene rings is 1. The lowest BCUT2D eigenvalue weighted by Crippen LogP contribution is -2.50. The summed E-state index contributed by atoms with van der Waals surface area (Å²) in [6.07, 6.45) is 4.38. The molecule has 1 saturated carbocycles. The summed E-state index contributed by atoms with van der Waals surface area (Å²) in [6, 6.07) is 10.2. The lowest BCUT2D eigenvalue weighted by molar-refractivity contribution is -0.137. The Morgan fingerprint density at radius 1 is 0.969 bits per heavy atom. The molecular formula is C24H35N5O3. The zero-order valence-electron chi connectivity index (χ0n) is 19.1. The first-order valence-electron chi connectivity index (χ1n) is 11.8. The van der Waals surface area contributed by atoms with Crippen LogP contribution in [0.3, 0.4) is 0 Å². The maximum absolute atomic E-state index is 13.0. The first kappa shape index (κ1) is 22.7. The third-order valence-electron chi connectivity index (χ3n) is 7.25. The van der Waals surface area contributed by atoms with Crippen molar-refractivity contribution in [2.24, 2.45) is 0 Å². The van der Waals surface area contributed by atoms with Crippen molar-refractivity contribution in [1.29, 1.82) is 0 Å². The number of nitrogens with one attached hydrogen (secondary N) is 1. The van der Waals surface area contributed by atoms with Crippen LogP contribution < -0.4 is 5.32 Å². The van der Waals surface area contributed by atoms with Gasteiger partial charge in [-0.2, -0.15) is 0 Å². The molecule has 3 fully saturated rings. The highest BCUT2D eigenvalue weighted by Crippen LogP contribution is 2.39. The van der Waals surface area contributed by atoms with Gasteiger partial charge in [0.25, 0.3) is 5.91 Å². The molecule has 8 nitrogen and oxygen atoms in total. The minimum absolute atomic E-state index is 0.186. The third-order valence-corrected chi connectivity index (χ3v) is 7.25. The summed E-state index contributed by atoms with van der Waals surface area (Å²) in [7, 11) is 1.70. The second-order valence-corrected chi connectivity index (χ2v) is 9.28. The maximum Gasteiger partial charge on any atom is 0.327 e. The Hall–Kier alpha value is -2.45. The van der Waals surface area contributed by atoms with E-state index in [-0.39, 0.29) is 24.4 Å². The smallest absolute Gasteiger partial charge is 0.327 e. The van der Waals surface area contributed by atoms with E-state index in [4.69, 9.17) is 0 Å². The molecule has 1 aromatic carbocycles. The minimum atomic E-state index is -0.727. The van der Waals surface area contributed by atoms with Gasteiger partial charge in [-0.15, -0.1) is 0 Å². The summed E-state index contributed by atoms with van der Waals surface area (Å²) in [5.74, 6) is -0.468. The van der Waals surface area contributed by atoms with Crippen LogP contribution >= 0.6 is 0 Å². The van der Waals surface area contributed by atoms with Crippen molar-refractivity contribution in [3.8, 4) is 0 Å². The van der Waals surface area contributed by atoms with Crippen molar-refractivity contribution in [3.05, 3.63) is 35.9 Å². The quantitative estimate of drug-likeness (QED) is 0.650. The van der Waals surface area contributed by atoms with Gasteiger partial charge in [0.2, 0.25) is 5.91 Å². The molecule has 0 bridgehead atoms.